The van der Waals surface area contributed by atoms with Gasteiger partial charge in [0.25, 0.3) is 0 Å². The Bertz CT molecular complexity index is 640. The maximum absolute atomic E-state index is 12.1. The number of para-hydroxylation sites is 1. The molecule has 22 heavy (non-hydrogen) atoms. The van der Waals surface area contributed by atoms with Crippen molar-refractivity contribution < 1.29 is 19.0 Å². The van der Waals surface area contributed by atoms with Crippen LogP contribution >= 0.6 is 0 Å². The quantitative estimate of drug-likeness (QED) is 0.800. The van der Waals surface area contributed by atoms with Crippen molar-refractivity contribution in [2.24, 2.45) is 5.92 Å². The van der Waals surface area contributed by atoms with Crippen LogP contribution in [0.3, 0.4) is 0 Å². The van der Waals surface area contributed by atoms with Crippen LogP contribution in [0.5, 0.6) is 11.5 Å². The Hall–Kier alpha value is -2.17. The molecule has 0 radical (unpaired) electrons. The summed E-state index contributed by atoms with van der Waals surface area (Å²) in [7, 11) is 1.44. The van der Waals surface area contributed by atoms with Crippen molar-refractivity contribution in [3.63, 3.8) is 0 Å². The fourth-order valence-corrected chi connectivity index (χ4v) is 3.90. The summed E-state index contributed by atoms with van der Waals surface area (Å²) in [6, 6.07) is 6.02. The number of hydrogen-bond acceptors (Lipinski definition) is 4. The summed E-state index contributed by atoms with van der Waals surface area (Å²) in [5.74, 6) is 2.08. The highest BCUT2D eigenvalue weighted by Crippen LogP contribution is 2.46. The normalized spacial score (nSPS) is 25.7. The molecule has 1 saturated heterocycles. The van der Waals surface area contributed by atoms with Crippen molar-refractivity contribution in [2.75, 3.05) is 20.4 Å². The van der Waals surface area contributed by atoms with E-state index in [2.05, 4.69) is 12.1 Å². The van der Waals surface area contributed by atoms with Gasteiger partial charge in [-0.3, -0.25) is 0 Å². The van der Waals surface area contributed by atoms with Gasteiger partial charge in [-0.15, -0.1) is 0 Å². The number of fused-ring (bicyclic) bond motifs is 2. The van der Waals surface area contributed by atoms with Crippen LogP contribution in [0.15, 0.2) is 24.3 Å². The van der Waals surface area contributed by atoms with Crippen molar-refractivity contribution in [2.45, 2.75) is 25.3 Å². The molecule has 2 heterocycles. The molecule has 4 rings (SSSR count). The summed E-state index contributed by atoms with van der Waals surface area (Å²) >= 11 is 0. The number of carbonyl (C=O) groups is 1. The first kappa shape index (κ1) is 13.5. The third kappa shape index (κ3) is 1.95. The first-order chi connectivity index (χ1) is 10.8. The third-order valence-electron chi connectivity index (χ3n) is 4.86. The molecule has 1 aliphatic carbocycles. The number of likely N-dealkylation sites (tertiary alicyclic amines) is 1. The number of rotatable bonds is 1. The van der Waals surface area contributed by atoms with Gasteiger partial charge in [-0.05, 0) is 36.8 Å². The van der Waals surface area contributed by atoms with E-state index in [4.69, 9.17) is 14.2 Å². The van der Waals surface area contributed by atoms with Crippen LogP contribution in [0.2, 0.25) is 0 Å². The lowest BCUT2D eigenvalue weighted by molar-refractivity contribution is 0.122. The number of carbonyl (C=O) groups excluding carboxylic acids is 1. The largest absolute Gasteiger partial charge is 0.454 e. The van der Waals surface area contributed by atoms with E-state index in [9.17, 15) is 4.79 Å². The molecule has 1 aromatic carbocycles. The van der Waals surface area contributed by atoms with Gasteiger partial charge in [0.15, 0.2) is 11.5 Å². The number of amides is 1. The van der Waals surface area contributed by atoms with Gasteiger partial charge in [-0.2, -0.15) is 0 Å². The molecular formula is C17H19NO4. The molecule has 1 fully saturated rings. The zero-order valence-corrected chi connectivity index (χ0v) is 12.6. The number of ether oxygens (including phenoxy) is 3. The molecule has 5 heteroatoms. The molecule has 2 atom stereocenters. The first-order valence-corrected chi connectivity index (χ1v) is 7.73. The van der Waals surface area contributed by atoms with Gasteiger partial charge in [0.05, 0.1) is 13.2 Å². The standard InChI is InChI=1S/C17H19NO4/c1-20-17(19)18-9-8-11-4-2-5-12(15(11)18)13-6-3-7-14-16(13)22-10-21-14/h3,5-7,11,15H,2,4,8-10H2,1H3. The Morgan fingerprint density at radius 3 is 3.09 bits per heavy atom. The van der Waals surface area contributed by atoms with Crippen LogP contribution < -0.4 is 9.47 Å². The second-order valence-corrected chi connectivity index (χ2v) is 5.93. The lowest BCUT2D eigenvalue weighted by atomic mass is 9.81. The molecule has 2 unspecified atom stereocenters. The molecule has 0 saturated carbocycles. The topological polar surface area (TPSA) is 48.0 Å². The Morgan fingerprint density at radius 1 is 1.32 bits per heavy atom. The average Bonchev–Trinajstić information content (AvgIpc) is 3.20. The van der Waals surface area contributed by atoms with Crippen molar-refractivity contribution >= 4 is 11.7 Å². The summed E-state index contributed by atoms with van der Waals surface area (Å²) in [4.78, 5) is 14.0. The van der Waals surface area contributed by atoms with E-state index in [0.29, 0.717) is 5.92 Å². The fraction of sp³-hybridized carbons (Fsp3) is 0.471. The van der Waals surface area contributed by atoms with Gasteiger partial charge >= 0.3 is 6.09 Å². The maximum Gasteiger partial charge on any atom is 0.410 e. The molecule has 116 valence electrons. The third-order valence-corrected chi connectivity index (χ3v) is 4.86. The highest BCUT2D eigenvalue weighted by atomic mass is 16.7. The van der Waals surface area contributed by atoms with Crippen LogP contribution in [0.4, 0.5) is 4.79 Å². The first-order valence-electron chi connectivity index (χ1n) is 7.73. The number of methoxy groups -OCH3 is 1. The molecule has 1 amide bonds. The van der Waals surface area contributed by atoms with Gasteiger partial charge in [0.1, 0.15) is 0 Å². The van der Waals surface area contributed by atoms with Crippen LogP contribution in [0.1, 0.15) is 24.8 Å². The predicted octanol–water partition coefficient (Wildman–Crippen LogP) is 3.05. The van der Waals surface area contributed by atoms with E-state index in [1.807, 2.05) is 17.0 Å². The second-order valence-electron chi connectivity index (χ2n) is 5.93. The number of allylic oxidation sites excluding steroid dienone is 1. The molecule has 3 aliphatic rings. The van der Waals surface area contributed by atoms with E-state index in [0.717, 1.165) is 42.9 Å². The molecule has 0 N–H and O–H groups in total. The van der Waals surface area contributed by atoms with Crippen LogP contribution in [-0.2, 0) is 4.74 Å². The minimum absolute atomic E-state index is 0.0805. The van der Waals surface area contributed by atoms with Crippen LogP contribution in [-0.4, -0.2) is 37.5 Å². The molecule has 5 nitrogen and oxygen atoms in total. The summed E-state index contributed by atoms with van der Waals surface area (Å²) in [5.41, 5.74) is 2.21. The lowest BCUT2D eigenvalue weighted by Crippen LogP contribution is -2.39. The highest BCUT2D eigenvalue weighted by molar-refractivity contribution is 5.81. The Morgan fingerprint density at radius 2 is 2.23 bits per heavy atom. The van der Waals surface area contributed by atoms with Crippen molar-refractivity contribution in [1.82, 2.24) is 4.90 Å². The van der Waals surface area contributed by atoms with Gasteiger partial charge in [-0.1, -0.05) is 18.2 Å². The van der Waals surface area contributed by atoms with Crippen LogP contribution in [0.25, 0.3) is 5.57 Å². The van der Waals surface area contributed by atoms with Crippen molar-refractivity contribution in [3.05, 3.63) is 29.8 Å². The number of benzene rings is 1. The minimum Gasteiger partial charge on any atom is -0.454 e. The summed E-state index contributed by atoms with van der Waals surface area (Å²) in [6.45, 7) is 1.01. The fourth-order valence-electron chi connectivity index (χ4n) is 3.90. The Kier molecular flexibility index (Phi) is 3.21. The van der Waals surface area contributed by atoms with Gasteiger partial charge in [-0.25, -0.2) is 4.79 Å². The van der Waals surface area contributed by atoms with Gasteiger partial charge in [0, 0.05) is 12.1 Å². The zero-order valence-electron chi connectivity index (χ0n) is 12.6. The highest BCUT2D eigenvalue weighted by Gasteiger charge is 2.42. The number of hydrogen-bond donors (Lipinski definition) is 0. The summed E-state index contributed by atoms with van der Waals surface area (Å²) in [6.07, 6.45) is 5.18. The molecule has 0 bridgehead atoms. The molecular weight excluding hydrogens is 282 g/mol. The van der Waals surface area contributed by atoms with E-state index in [1.165, 1.54) is 12.7 Å². The average molecular weight is 301 g/mol. The summed E-state index contributed by atoms with van der Waals surface area (Å²) < 4.78 is 16.1. The predicted molar refractivity (Wildman–Crippen MR) is 80.8 cm³/mol. The maximum atomic E-state index is 12.1. The minimum atomic E-state index is -0.245. The smallest absolute Gasteiger partial charge is 0.410 e. The molecule has 1 aromatic rings. The molecule has 2 aliphatic heterocycles. The van der Waals surface area contributed by atoms with E-state index in [1.54, 1.807) is 0 Å². The summed E-state index contributed by atoms with van der Waals surface area (Å²) in [5, 5.41) is 0. The molecule has 0 spiro atoms. The zero-order chi connectivity index (χ0) is 15.1. The van der Waals surface area contributed by atoms with Crippen LogP contribution in [0, 0.1) is 5.92 Å². The van der Waals surface area contributed by atoms with Crippen molar-refractivity contribution in [3.8, 4) is 11.5 Å². The van der Waals surface area contributed by atoms with E-state index in [-0.39, 0.29) is 18.9 Å². The van der Waals surface area contributed by atoms with Crippen molar-refractivity contribution in [1.29, 1.82) is 0 Å². The second kappa shape index (κ2) is 5.23. The Labute approximate surface area is 129 Å². The van der Waals surface area contributed by atoms with E-state index < -0.39 is 0 Å². The van der Waals surface area contributed by atoms with Gasteiger partial charge < -0.3 is 19.1 Å². The lowest BCUT2D eigenvalue weighted by Gasteiger charge is -2.33. The Balaban J connectivity index is 1.76. The van der Waals surface area contributed by atoms with E-state index >= 15 is 0 Å². The molecule has 0 aromatic heterocycles. The van der Waals surface area contributed by atoms with Gasteiger partial charge in [0.2, 0.25) is 6.79 Å². The monoisotopic (exact) mass is 301 g/mol. The number of nitrogens with zero attached hydrogens (tertiary/aromatic N) is 1. The SMILES string of the molecule is COC(=O)N1CCC2CCC=C(c3cccc4c3OCO4)C21.